The van der Waals surface area contributed by atoms with Crippen LogP contribution in [0.2, 0.25) is 0 Å². The first-order chi connectivity index (χ1) is 36.9. The monoisotopic (exact) mass is 1130 g/mol. The standard InChI is InChI=1S/C51H84O27/c1-19-12-50-10-6-26-48(3,20(2)69-46-41(36(65)31(60)24(16-55)73-46)76-44-38(67)34(63)29(58)22(14-53)71-44)8-5-9-49(26,4)27(50)7-11-51(19,18-50)78-47-42(77-45-39(68)35(64)30(59)23(15-54)72-45)40(32(61)25(17-56)74-47)75-43-37(66)33(62)28(57)21(13-52)70-43/h20-47,52-68H,1,5-18H2,2-4H3/t20-,21-,22-,23-,24-,25-,26-,27+,28-,29-,30+,31-,32-,33+,34+,35+,36+,37-,38-,39-,40+,41-,42-,43+,44+,45+,46-,47+,48+,49-,50-,51+/m1/s1. The summed E-state index contributed by atoms with van der Waals surface area (Å²) in [7, 11) is 0. The first-order valence-corrected chi connectivity index (χ1v) is 27.3. The van der Waals surface area contributed by atoms with Crippen LogP contribution in [0.25, 0.3) is 0 Å². The summed E-state index contributed by atoms with van der Waals surface area (Å²) in [5.41, 5.74) is -1.71. The molecule has 0 aromatic carbocycles. The Labute approximate surface area is 450 Å². The molecular weight excluding hydrogens is 1040 g/mol. The Morgan fingerprint density at radius 3 is 1.40 bits per heavy atom. The van der Waals surface area contributed by atoms with E-state index in [1.165, 1.54) is 0 Å². The summed E-state index contributed by atoms with van der Waals surface area (Å²) in [5, 5.41) is 181. The number of hydrogen-bond donors (Lipinski definition) is 17. The lowest BCUT2D eigenvalue weighted by Crippen LogP contribution is -2.68. The molecule has 5 saturated heterocycles. The van der Waals surface area contributed by atoms with Crippen LogP contribution in [0.4, 0.5) is 0 Å². The Morgan fingerprint density at radius 1 is 0.474 bits per heavy atom. The van der Waals surface area contributed by atoms with Crippen molar-refractivity contribution in [2.24, 2.45) is 28.1 Å². The van der Waals surface area contributed by atoms with Gasteiger partial charge in [0.1, 0.15) is 122 Å². The Hall–Kier alpha value is -1.34. The summed E-state index contributed by atoms with van der Waals surface area (Å²) in [6, 6.07) is 0. The fourth-order valence-corrected chi connectivity index (χ4v) is 15.4. The molecule has 1 spiro atoms. The van der Waals surface area contributed by atoms with E-state index >= 15 is 0 Å². The van der Waals surface area contributed by atoms with E-state index in [9.17, 15) is 86.8 Å². The fraction of sp³-hybridized carbons (Fsp3) is 0.961. The number of ether oxygens (including phenoxy) is 10. The lowest BCUT2D eigenvalue weighted by Gasteiger charge is -2.66. The maximum absolute atomic E-state index is 11.8. The first-order valence-electron chi connectivity index (χ1n) is 27.3. The summed E-state index contributed by atoms with van der Waals surface area (Å²) < 4.78 is 61.6. The van der Waals surface area contributed by atoms with E-state index in [1.807, 2.05) is 6.92 Å². The molecular formula is C51H84O27. The third kappa shape index (κ3) is 10.5. The summed E-state index contributed by atoms with van der Waals surface area (Å²) in [5.74, 6) is 0.104. The van der Waals surface area contributed by atoms with Gasteiger partial charge in [-0.25, -0.2) is 0 Å². The maximum atomic E-state index is 11.8. The van der Waals surface area contributed by atoms with Gasteiger partial charge in [0.05, 0.1) is 44.7 Å². The van der Waals surface area contributed by atoms with Crippen molar-refractivity contribution < 1.29 is 134 Å². The Morgan fingerprint density at radius 2 is 0.897 bits per heavy atom. The van der Waals surface area contributed by atoms with Gasteiger partial charge >= 0.3 is 0 Å². The molecule has 17 N–H and O–H groups in total. The normalized spacial score (nSPS) is 55.0. The molecule has 27 heteroatoms. The van der Waals surface area contributed by atoms with Crippen LogP contribution < -0.4 is 0 Å². The van der Waals surface area contributed by atoms with Crippen LogP contribution in [0.3, 0.4) is 0 Å². The zero-order chi connectivity index (χ0) is 56.7. The fourth-order valence-electron chi connectivity index (χ4n) is 15.4. The topological polar surface area (TPSA) is 436 Å². The SMILES string of the molecule is C=C1C[C@@]23CC[C@H]4[C@@](C)(CCC[C@@]4(C)[C@@H](C)O[C@@H]4O[C@H](CO)[C@@H](O)[C@H](O)[C@H]4O[C@@H]4O[C@H](CO)[C@@H](O)[C@H](O)[C@H]4O)[C@@H]2CC[C@]1(O[C@@H]1O[C@H](CO)[C@@H](O)[C@H](O[C@@H]2O[C@H](CO)[C@@H](O)[C@H](O)[C@H]2O)[C@H]1O[C@@H]1O[C@H](CO)[C@H](O)[C@H](O)[C@H]1O)C3. The third-order valence-electron chi connectivity index (χ3n) is 19.8. The van der Waals surface area contributed by atoms with Crippen molar-refractivity contribution in [3.63, 3.8) is 0 Å². The van der Waals surface area contributed by atoms with E-state index in [0.717, 1.165) is 18.4 Å². The predicted molar refractivity (Wildman–Crippen MR) is 256 cm³/mol. The molecule has 2 bridgehead atoms. The molecule has 27 nitrogen and oxygen atoms in total. The van der Waals surface area contributed by atoms with Crippen molar-refractivity contribution in [2.75, 3.05) is 33.0 Å². The second kappa shape index (κ2) is 23.6. The van der Waals surface area contributed by atoms with Gasteiger partial charge in [-0.15, -0.1) is 0 Å². The van der Waals surface area contributed by atoms with Gasteiger partial charge in [0.15, 0.2) is 31.5 Å². The highest BCUT2D eigenvalue weighted by Crippen LogP contribution is 2.74. The molecule has 450 valence electrons. The van der Waals surface area contributed by atoms with E-state index < -0.39 is 209 Å². The van der Waals surface area contributed by atoms with E-state index in [-0.39, 0.29) is 17.3 Å². The van der Waals surface area contributed by atoms with E-state index in [1.54, 1.807) is 0 Å². The van der Waals surface area contributed by atoms with Crippen LogP contribution >= 0.6 is 0 Å². The molecule has 32 atom stereocenters. The van der Waals surface area contributed by atoms with Crippen LogP contribution in [-0.4, -0.2) is 285 Å². The van der Waals surface area contributed by atoms with Gasteiger partial charge in [-0.3, -0.25) is 0 Å². The Bertz CT molecular complexity index is 2020. The highest BCUT2D eigenvalue weighted by Gasteiger charge is 2.69. The largest absolute Gasteiger partial charge is 0.394 e. The van der Waals surface area contributed by atoms with Crippen LogP contribution in [0.15, 0.2) is 12.2 Å². The van der Waals surface area contributed by atoms with Crippen molar-refractivity contribution in [3.8, 4) is 0 Å². The van der Waals surface area contributed by atoms with Crippen LogP contribution in [0.1, 0.15) is 78.6 Å². The van der Waals surface area contributed by atoms with Crippen molar-refractivity contribution >= 4 is 0 Å². The number of aliphatic hydroxyl groups is 17. The molecule has 4 aliphatic carbocycles. The second-order valence-corrected chi connectivity index (χ2v) is 24.1. The Kier molecular flexibility index (Phi) is 18.5. The lowest BCUT2D eigenvalue weighted by atomic mass is 9.40. The highest BCUT2D eigenvalue weighted by molar-refractivity contribution is 5.30. The molecule has 0 radical (unpaired) electrons. The van der Waals surface area contributed by atoms with Gasteiger partial charge in [0, 0.05) is 0 Å². The van der Waals surface area contributed by atoms with Gasteiger partial charge < -0.3 is 134 Å². The van der Waals surface area contributed by atoms with Gasteiger partial charge in [-0.2, -0.15) is 0 Å². The predicted octanol–water partition coefficient (Wildman–Crippen LogP) is -6.43. The Balaban J connectivity index is 0.967. The van der Waals surface area contributed by atoms with Gasteiger partial charge in [-0.1, -0.05) is 26.8 Å². The quantitative estimate of drug-likeness (QED) is 0.0505. The van der Waals surface area contributed by atoms with E-state index in [0.29, 0.717) is 44.9 Å². The average molecular weight is 1130 g/mol. The summed E-state index contributed by atoms with van der Waals surface area (Å²) in [6.45, 7) is 6.98. The second-order valence-electron chi connectivity index (χ2n) is 24.1. The minimum absolute atomic E-state index is 0.0225. The number of hydrogen-bond acceptors (Lipinski definition) is 27. The molecule has 78 heavy (non-hydrogen) atoms. The summed E-state index contributed by atoms with van der Waals surface area (Å²) in [6.07, 6.45) is -37.3. The molecule has 9 fully saturated rings. The van der Waals surface area contributed by atoms with E-state index in [2.05, 4.69) is 20.4 Å². The number of rotatable bonds is 16. The van der Waals surface area contributed by atoms with Crippen molar-refractivity contribution in [1.82, 2.24) is 0 Å². The molecule has 5 heterocycles. The van der Waals surface area contributed by atoms with Crippen molar-refractivity contribution in [3.05, 3.63) is 12.2 Å². The molecule has 0 aromatic heterocycles. The molecule has 0 unspecified atom stereocenters. The van der Waals surface area contributed by atoms with Gasteiger partial charge in [0.25, 0.3) is 0 Å². The van der Waals surface area contributed by atoms with Crippen molar-refractivity contribution in [1.29, 1.82) is 0 Å². The highest BCUT2D eigenvalue weighted by atomic mass is 16.8. The minimum atomic E-state index is -1.97. The van der Waals surface area contributed by atoms with Gasteiger partial charge in [-0.05, 0) is 91.9 Å². The zero-order valence-electron chi connectivity index (χ0n) is 44.0. The smallest absolute Gasteiger partial charge is 0.188 e. The number of fused-ring (bicyclic) bond motifs is 3. The zero-order valence-corrected chi connectivity index (χ0v) is 44.0. The molecule has 9 rings (SSSR count). The summed E-state index contributed by atoms with van der Waals surface area (Å²) >= 11 is 0. The van der Waals surface area contributed by atoms with Crippen LogP contribution in [-0.2, 0) is 47.4 Å². The minimum Gasteiger partial charge on any atom is -0.394 e. The molecule has 0 amide bonds. The van der Waals surface area contributed by atoms with Crippen LogP contribution in [0.5, 0.6) is 0 Å². The van der Waals surface area contributed by atoms with Gasteiger partial charge in [0.2, 0.25) is 0 Å². The van der Waals surface area contributed by atoms with Crippen LogP contribution in [0, 0.1) is 28.1 Å². The molecule has 4 saturated carbocycles. The number of aliphatic hydroxyl groups excluding tert-OH is 17. The summed E-state index contributed by atoms with van der Waals surface area (Å²) in [4.78, 5) is 0. The average Bonchev–Trinajstić information content (AvgIpc) is 3.69. The maximum Gasteiger partial charge on any atom is 0.188 e. The third-order valence-corrected chi connectivity index (χ3v) is 19.8. The first kappa shape index (κ1) is 61.2. The van der Waals surface area contributed by atoms with Crippen molar-refractivity contribution in [2.45, 2.75) is 244 Å². The molecule has 9 aliphatic rings. The molecule has 0 aromatic rings. The molecule has 5 aliphatic heterocycles. The lowest BCUT2D eigenvalue weighted by molar-refractivity contribution is -0.400. The van der Waals surface area contributed by atoms with E-state index in [4.69, 9.17) is 47.4 Å².